The monoisotopic (exact) mass is 428 g/mol. The highest BCUT2D eigenvalue weighted by atomic mass is 16.5. The van der Waals surface area contributed by atoms with Crippen molar-refractivity contribution in [3.05, 3.63) is 51.0 Å². The molecular weight excluding hydrogens is 408 g/mol. The number of cyclic esters (lactones) is 1. The van der Waals surface area contributed by atoms with Gasteiger partial charge in [0.1, 0.15) is 17.6 Å². The number of methoxy groups -OCH3 is 1. The highest BCUT2D eigenvalue weighted by Gasteiger charge is 2.44. The van der Waals surface area contributed by atoms with Gasteiger partial charge in [-0.15, -0.1) is 0 Å². The van der Waals surface area contributed by atoms with Crippen LogP contribution in [0.3, 0.4) is 0 Å². The van der Waals surface area contributed by atoms with Gasteiger partial charge in [-0.1, -0.05) is 0 Å². The molecule has 1 atom stereocenters. The lowest BCUT2D eigenvalue weighted by atomic mass is 9.78. The van der Waals surface area contributed by atoms with Gasteiger partial charge in [0, 0.05) is 13.3 Å². The van der Waals surface area contributed by atoms with E-state index < -0.39 is 58.1 Å². The lowest BCUT2D eigenvalue weighted by molar-refractivity contribution is -0.131. The second-order valence-corrected chi connectivity index (χ2v) is 7.26. The third-order valence-corrected chi connectivity index (χ3v) is 4.93. The molecule has 0 radical (unpaired) electrons. The molecule has 1 aliphatic carbocycles. The largest absolute Gasteiger partial charge is 0.512 e. The molecule has 0 saturated carbocycles. The lowest BCUT2D eigenvalue weighted by Crippen LogP contribution is -2.33. The molecule has 0 bridgehead atoms. The fraction of sp³-hybridized carbons (Fsp3) is 0.318. The standard InChI is InChI=1S/C22H20O9/c1-8-6-12-7-13(31-11(4)25)16-17(15(12)22(28)30-8)20(27)21(29-5)18(19(16)26)14(9(2)23)10(3)24/h7-8,23H,6H2,1-5H3/b14-9+. The second-order valence-electron chi connectivity index (χ2n) is 7.26. The zero-order valence-corrected chi connectivity index (χ0v) is 17.6. The van der Waals surface area contributed by atoms with Crippen LogP contribution in [-0.2, 0) is 25.5 Å². The molecule has 31 heavy (non-hydrogen) atoms. The summed E-state index contributed by atoms with van der Waals surface area (Å²) in [5.41, 5.74) is -1.33. The molecule has 9 nitrogen and oxygen atoms in total. The minimum atomic E-state index is -0.907. The predicted octanol–water partition coefficient (Wildman–Crippen LogP) is 2.41. The molecule has 9 heteroatoms. The van der Waals surface area contributed by atoms with Crippen LogP contribution in [0.15, 0.2) is 28.7 Å². The fourth-order valence-corrected chi connectivity index (χ4v) is 3.88. The van der Waals surface area contributed by atoms with Crippen LogP contribution in [0.25, 0.3) is 0 Å². The minimum absolute atomic E-state index is 0.120. The molecule has 1 N–H and O–H groups in total. The van der Waals surface area contributed by atoms with Gasteiger partial charge in [0.15, 0.2) is 11.5 Å². The van der Waals surface area contributed by atoms with Crippen LogP contribution in [0.1, 0.15) is 64.3 Å². The summed E-state index contributed by atoms with van der Waals surface area (Å²) in [6.07, 6.45) is -0.257. The van der Waals surface area contributed by atoms with Crippen molar-refractivity contribution >= 4 is 29.3 Å². The Hall–Kier alpha value is -3.75. The molecule has 1 unspecified atom stereocenters. The van der Waals surface area contributed by atoms with Crippen molar-refractivity contribution in [2.24, 2.45) is 0 Å². The van der Waals surface area contributed by atoms with E-state index in [1.807, 2.05) is 0 Å². The summed E-state index contributed by atoms with van der Waals surface area (Å²) in [5, 5.41) is 10.0. The SMILES string of the molecule is COC1=C(/C(C(C)=O)=C(\C)O)C(=O)c2c(OC(C)=O)cc3c(c2C1=O)C(=O)OC(C)C3. The van der Waals surface area contributed by atoms with Crippen molar-refractivity contribution in [3.8, 4) is 5.75 Å². The zero-order valence-electron chi connectivity index (χ0n) is 17.6. The van der Waals surface area contributed by atoms with Gasteiger partial charge in [0.05, 0.1) is 34.9 Å². The number of esters is 2. The summed E-state index contributed by atoms with van der Waals surface area (Å²) < 4.78 is 15.6. The molecule has 1 aromatic rings. The molecule has 1 heterocycles. The first-order valence-corrected chi connectivity index (χ1v) is 9.37. The number of allylic oxidation sites excluding steroid dienone is 4. The smallest absolute Gasteiger partial charge is 0.339 e. The number of Topliss-reactive ketones (excluding diaryl/α,β-unsaturated/α-hetero) is 3. The average molecular weight is 428 g/mol. The summed E-state index contributed by atoms with van der Waals surface area (Å²) in [5.74, 6) is -5.26. The first-order valence-electron chi connectivity index (χ1n) is 9.37. The summed E-state index contributed by atoms with van der Waals surface area (Å²) in [4.78, 5) is 63.4. The van der Waals surface area contributed by atoms with Crippen LogP contribution in [0, 0.1) is 0 Å². The number of hydrogen-bond acceptors (Lipinski definition) is 9. The molecule has 0 spiro atoms. The van der Waals surface area contributed by atoms with Gasteiger partial charge in [-0.25, -0.2) is 4.79 Å². The lowest BCUT2D eigenvalue weighted by Gasteiger charge is -2.29. The third kappa shape index (κ3) is 3.52. The summed E-state index contributed by atoms with van der Waals surface area (Å²) in [6, 6.07) is 1.34. The van der Waals surface area contributed by atoms with E-state index in [-0.39, 0.29) is 28.9 Å². The Kier molecular flexibility index (Phi) is 5.54. The maximum absolute atomic E-state index is 13.5. The molecule has 1 aromatic carbocycles. The zero-order chi connectivity index (χ0) is 23.2. The molecule has 1 aliphatic heterocycles. The van der Waals surface area contributed by atoms with Gasteiger partial charge in [0.25, 0.3) is 0 Å². The quantitative estimate of drug-likeness (QED) is 0.332. The van der Waals surface area contributed by atoms with E-state index in [2.05, 4.69) is 0 Å². The van der Waals surface area contributed by atoms with Crippen molar-refractivity contribution in [2.75, 3.05) is 7.11 Å². The highest BCUT2D eigenvalue weighted by molar-refractivity contribution is 6.33. The summed E-state index contributed by atoms with van der Waals surface area (Å²) in [7, 11) is 1.12. The van der Waals surface area contributed by atoms with Gasteiger partial charge in [0.2, 0.25) is 11.6 Å². The Labute approximate surface area is 177 Å². The van der Waals surface area contributed by atoms with E-state index in [1.54, 1.807) is 6.92 Å². The summed E-state index contributed by atoms with van der Waals surface area (Å²) in [6.45, 7) is 5.07. The van der Waals surface area contributed by atoms with Gasteiger partial charge in [-0.2, -0.15) is 0 Å². The van der Waals surface area contributed by atoms with E-state index in [0.29, 0.717) is 5.56 Å². The Bertz CT molecular complexity index is 1130. The van der Waals surface area contributed by atoms with Crippen LogP contribution < -0.4 is 4.74 Å². The molecule has 162 valence electrons. The van der Waals surface area contributed by atoms with E-state index in [9.17, 15) is 29.1 Å². The normalized spacial score (nSPS) is 18.6. The second kappa shape index (κ2) is 7.82. The molecule has 3 rings (SSSR count). The molecular formula is C22H20O9. The first-order chi connectivity index (χ1) is 14.5. The number of ether oxygens (including phenoxy) is 3. The van der Waals surface area contributed by atoms with Crippen LogP contribution in [0.5, 0.6) is 5.75 Å². The maximum atomic E-state index is 13.5. The number of aliphatic hydroxyl groups excluding tert-OH is 1. The molecule has 0 fully saturated rings. The Morgan fingerprint density at radius 2 is 1.71 bits per heavy atom. The van der Waals surface area contributed by atoms with Crippen LogP contribution >= 0.6 is 0 Å². The number of fused-ring (bicyclic) bond motifs is 3. The number of ketones is 3. The van der Waals surface area contributed by atoms with Gasteiger partial charge >= 0.3 is 11.9 Å². The van der Waals surface area contributed by atoms with Crippen molar-refractivity contribution in [1.82, 2.24) is 0 Å². The molecule has 2 aliphatic rings. The van der Waals surface area contributed by atoms with Crippen molar-refractivity contribution in [2.45, 2.75) is 40.2 Å². The van der Waals surface area contributed by atoms with Gasteiger partial charge in [-0.3, -0.25) is 19.2 Å². The van der Waals surface area contributed by atoms with Crippen LogP contribution in [-0.4, -0.2) is 47.6 Å². The van der Waals surface area contributed by atoms with Gasteiger partial charge < -0.3 is 19.3 Å². The number of rotatable bonds is 4. The van der Waals surface area contributed by atoms with E-state index in [4.69, 9.17) is 14.2 Å². The Morgan fingerprint density at radius 1 is 1.06 bits per heavy atom. The number of carbonyl (C=O) groups excluding carboxylic acids is 5. The topological polar surface area (TPSA) is 133 Å². The van der Waals surface area contributed by atoms with Crippen molar-refractivity contribution in [3.63, 3.8) is 0 Å². The molecule has 0 amide bonds. The number of hydrogen-bond donors (Lipinski definition) is 1. The number of carbonyl (C=O) groups is 5. The average Bonchev–Trinajstić information content (AvgIpc) is 2.63. The highest BCUT2D eigenvalue weighted by Crippen LogP contribution is 2.41. The predicted molar refractivity (Wildman–Crippen MR) is 105 cm³/mol. The van der Waals surface area contributed by atoms with Crippen molar-refractivity contribution < 1.29 is 43.3 Å². The Balaban J connectivity index is 2.44. The van der Waals surface area contributed by atoms with Crippen molar-refractivity contribution in [1.29, 1.82) is 0 Å². The molecule has 0 saturated heterocycles. The maximum Gasteiger partial charge on any atom is 0.339 e. The first kappa shape index (κ1) is 21.9. The van der Waals surface area contributed by atoms with Crippen LogP contribution in [0.4, 0.5) is 0 Å². The number of benzene rings is 1. The Morgan fingerprint density at radius 3 is 2.23 bits per heavy atom. The molecule has 0 aromatic heterocycles. The summed E-state index contributed by atoms with van der Waals surface area (Å²) >= 11 is 0. The van der Waals surface area contributed by atoms with E-state index in [0.717, 1.165) is 21.0 Å². The van der Waals surface area contributed by atoms with Crippen LogP contribution in [0.2, 0.25) is 0 Å². The fourth-order valence-electron chi connectivity index (χ4n) is 3.88. The third-order valence-electron chi connectivity index (χ3n) is 4.93. The van der Waals surface area contributed by atoms with E-state index >= 15 is 0 Å². The van der Waals surface area contributed by atoms with Gasteiger partial charge in [-0.05, 0) is 32.4 Å². The number of aliphatic hydroxyl groups is 1. The van der Waals surface area contributed by atoms with E-state index in [1.165, 1.54) is 13.0 Å². The minimum Gasteiger partial charge on any atom is -0.512 e.